The van der Waals surface area contributed by atoms with Gasteiger partial charge in [-0.3, -0.25) is 9.48 Å². The summed E-state index contributed by atoms with van der Waals surface area (Å²) in [4.78, 5) is 12.2. The molecule has 1 aliphatic rings. The Morgan fingerprint density at radius 1 is 1.63 bits per heavy atom. The van der Waals surface area contributed by atoms with Crippen LogP contribution in [0, 0.1) is 6.92 Å². The molecule has 19 heavy (non-hydrogen) atoms. The molecule has 2 atom stereocenters. The van der Waals surface area contributed by atoms with Crippen molar-refractivity contribution in [1.82, 2.24) is 15.1 Å². The molecule has 2 rings (SSSR count). The van der Waals surface area contributed by atoms with E-state index in [2.05, 4.69) is 10.4 Å². The van der Waals surface area contributed by atoms with Crippen LogP contribution in [0.3, 0.4) is 0 Å². The van der Waals surface area contributed by atoms with Crippen molar-refractivity contribution in [2.75, 3.05) is 13.2 Å². The SMILES string of the molecule is CCNC1(C(=O)OCC)CCC(n2ccc(C)n2)C1. The number of hydrogen-bond donors (Lipinski definition) is 1. The fourth-order valence-corrected chi connectivity index (χ4v) is 2.91. The minimum atomic E-state index is -0.532. The fourth-order valence-electron chi connectivity index (χ4n) is 2.91. The minimum Gasteiger partial charge on any atom is -0.465 e. The number of aryl methyl sites for hydroxylation is 1. The van der Waals surface area contributed by atoms with Crippen molar-refractivity contribution in [3.8, 4) is 0 Å². The molecule has 1 saturated carbocycles. The topological polar surface area (TPSA) is 56.1 Å². The van der Waals surface area contributed by atoms with Crippen molar-refractivity contribution in [3.05, 3.63) is 18.0 Å². The maximum Gasteiger partial charge on any atom is 0.326 e. The summed E-state index contributed by atoms with van der Waals surface area (Å²) in [7, 11) is 0. The smallest absolute Gasteiger partial charge is 0.326 e. The van der Waals surface area contributed by atoms with E-state index < -0.39 is 5.54 Å². The lowest BCUT2D eigenvalue weighted by atomic mass is 9.97. The van der Waals surface area contributed by atoms with Crippen LogP contribution < -0.4 is 5.32 Å². The molecule has 0 saturated heterocycles. The molecule has 5 heteroatoms. The Morgan fingerprint density at radius 3 is 3.00 bits per heavy atom. The molecular weight excluding hydrogens is 242 g/mol. The van der Waals surface area contributed by atoms with Gasteiger partial charge in [0.2, 0.25) is 0 Å². The summed E-state index contributed by atoms with van der Waals surface area (Å²) < 4.78 is 7.22. The first-order chi connectivity index (χ1) is 9.11. The highest BCUT2D eigenvalue weighted by atomic mass is 16.5. The number of esters is 1. The highest BCUT2D eigenvalue weighted by Crippen LogP contribution is 2.38. The van der Waals surface area contributed by atoms with Crippen LogP contribution in [-0.4, -0.2) is 34.4 Å². The Kier molecular flexibility index (Phi) is 4.24. The van der Waals surface area contributed by atoms with Gasteiger partial charge in [0.25, 0.3) is 0 Å². The molecule has 1 heterocycles. The highest BCUT2D eigenvalue weighted by Gasteiger charge is 2.46. The van der Waals surface area contributed by atoms with E-state index in [1.807, 2.05) is 37.7 Å². The van der Waals surface area contributed by atoms with Crippen LogP contribution >= 0.6 is 0 Å². The molecule has 5 nitrogen and oxygen atoms in total. The largest absolute Gasteiger partial charge is 0.465 e. The Bertz CT molecular complexity index is 444. The van der Waals surface area contributed by atoms with Gasteiger partial charge in [0.1, 0.15) is 5.54 Å². The van der Waals surface area contributed by atoms with Crippen molar-refractivity contribution in [1.29, 1.82) is 0 Å². The van der Waals surface area contributed by atoms with Crippen LogP contribution in [0.2, 0.25) is 0 Å². The molecule has 1 aromatic rings. The molecule has 0 spiro atoms. The highest BCUT2D eigenvalue weighted by molar-refractivity contribution is 5.81. The van der Waals surface area contributed by atoms with E-state index in [9.17, 15) is 4.79 Å². The average molecular weight is 265 g/mol. The standard InChI is InChI=1S/C14H23N3O2/c1-4-15-14(13(18)19-5-2)8-6-12(10-14)17-9-7-11(3)16-17/h7,9,12,15H,4-6,8,10H2,1-3H3. The first-order valence-corrected chi connectivity index (χ1v) is 7.05. The number of carbonyl (C=O) groups is 1. The third kappa shape index (κ3) is 2.81. The average Bonchev–Trinajstić information content (AvgIpc) is 2.97. The molecule has 2 unspecified atom stereocenters. The number of ether oxygens (including phenoxy) is 1. The molecule has 0 aliphatic heterocycles. The van der Waals surface area contributed by atoms with Crippen LogP contribution in [0.5, 0.6) is 0 Å². The van der Waals surface area contributed by atoms with Crippen LogP contribution in [0.15, 0.2) is 12.3 Å². The van der Waals surface area contributed by atoms with Crippen LogP contribution in [0.25, 0.3) is 0 Å². The van der Waals surface area contributed by atoms with Gasteiger partial charge in [-0.1, -0.05) is 6.92 Å². The Balaban J connectivity index is 2.13. The van der Waals surface area contributed by atoms with Gasteiger partial charge in [0.05, 0.1) is 18.3 Å². The molecule has 0 aromatic carbocycles. The monoisotopic (exact) mass is 265 g/mol. The third-order valence-corrected chi connectivity index (χ3v) is 3.79. The first kappa shape index (κ1) is 14.1. The van der Waals surface area contributed by atoms with E-state index in [4.69, 9.17) is 4.74 Å². The predicted molar refractivity (Wildman–Crippen MR) is 72.9 cm³/mol. The second kappa shape index (κ2) is 5.74. The van der Waals surface area contributed by atoms with E-state index in [1.54, 1.807) is 0 Å². The molecule has 1 N–H and O–H groups in total. The summed E-state index contributed by atoms with van der Waals surface area (Å²) >= 11 is 0. The molecule has 0 bridgehead atoms. The van der Waals surface area contributed by atoms with Gasteiger partial charge >= 0.3 is 5.97 Å². The maximum atomic E-state index is 12.2. The van der Waals surface area contributed by atoms with Crippen LogP contribution in [0.1, 0.15) is 44.8 Å². The number of aromatic nitrogens is 2. The van der Waals surface area contributed by atoms with Crippen molar-refractivity contribution in [2.24, 2.45) is 0 Å². The molecule has 0 amide bonds. The molecular formula is C14H23N3O2. The number of nitrogens with zero attached hydrogens (tertiary/aromatic N) is 2. The van der Waals surface area contributed by atoms with Crippen molar-refractivity contribution in [2.45, 2.75) is 51.6 Å². The number of rotatable bonds is 5. The molecule has 106 valence electrons. The van der Waals surface area contributed by atoms with Gasteiger partial charge in [-0.2, -0.15) is 5.10 Å². The summed E-state index contributed by atoms with van der Waals surface area (Å²) in [5, 5.41) is 7.79. The lowest BCUT2D eigenvalue weighted by Gasteiger charge is -2.27. The molecule has 1 aliphatic carbocycles. The summed E-state index contributed by atoms with van der Waals surface area (Å²) in [6.45, 7) is 7.04. The fraction of sp³-hybridized carbons (Fsp3) is 0.714. The van der Waals surface area contributed by atoms with E-state index in [1.165, 1.54) is 0 Å². The Morgan fingerprint density at radius 2 is 2.42 bits per heavy atom. The molecule has 0 radical (unpaired) electrons. The summed E-state index contributed by atoms with van der Waals surface area (Å²) in [5.74, 6) is -0.122. The zero-order chi connectivity index (χ0) is 13.9. The van der Waals surface area contributed by atoms with E-state index in [0.29, 0.717) is 6.61 Å². The van der Waals surface area contributed by atoms with Gasteiger partial charge in [0, 0.05) is 6.20 Å². The van der Waals surface area contributed by atoms with E-state index >= 15 is 0 Å². The lowest BCUT2D eigenvalue weighted by Crippen LogP contribution is -2.51. The van der Waals surface area contributed by atoms with Gasteiger partial charge in [-0.25, -0.2) is 0 Å². The predicted octanol–water partition coefficient (Wildman–Crippen LogP) is 1.83. The van der Waals surface area contributed by atoms with Crippen LogP contribution in [0.4, 0.5) is 0 Å². The van der Waals surface area contributed by atoms with E-state index in [-0.39, 0.29) is 12.0 Å². The Hall–Kier alpha value is -1.36. The summed E-state index contributed by atoms with van der Waals surface area (Å²) in [5.41, 5.74) is 0.479. The molecule has 1 aromatic heterocycles. The third-order valence-electron chi connectivity index (χ3n) is 3.79. The van der Waals surface area contributed by atoms with Crippen LogP contribution in [-0.2, 0) is 9.53 Å². The van der Waals surface area contributed by atoms with Gasteiger partial charge in [-0.15, -0.1) is 0 Å². The second-order valence-electron chi connectivity index (χ2n) is 5.17. The summed E-state index contributed by atoms with van der Waals surface area (Å²) in [6.07, 6.45) is 4.50. The number of likely N-dealkylation sites (N-methyl/N-ethyl adjacent to an activating group) is 1. The van der Waals surface area contributed by atoms with Gasteiger partial charge in [-0.05, 0) is 45.7 Å². The zero-order valence-electron chi connectivity index (χ0n) is 12.0. The second-order valence-corrected chi connectivity index (χ2v) is 5.17. The number of carbonyl (C=O) groups excluding carboxylic acids is 1. The zero-order valence-corrected chi connectivity index (χ0v) is 12.0. The normalized spacial score (nSPS) is 26.6. The number of hydrogen-bond acceptors (Lipinski definition) is 4. The van der Waals surface area contributed by atoms with E-state index in [0.717, 1.165) is 31.5 Å². The first-order valence-electron chi connectivity index (χ1n) is 7.05. The molecule has 1 fully saturated rings. The van der Waals surface area contributed by atoms with Gasteiger partial charge in [0.15, 0.2) is 0 Å². The number of nitrogens with one attached hydrogen (secondary N) is 1. The van der Waals surface area contributed by atoms with Crippen molar-refractivity contribution >= 4 is 5.97 Å². The van der Waals surface area contributed by atoms with Crippen molar-refractivity contribution < 1.29 is 9.53 Å². The quantitative estimate of drug-likeness (QED) is 0.825. The van der Waals surface area contributed by atoms with Crippen molar-refractivity contribution in [3.63, 3.8) is 0 Å². The minimum absolute atomic E-state index is 0.122. The Labute approximate surface area is 114 Å². The lowest BCUT2D eigenvalue weighted by molar-refractivity contribution is -0.151. The van der Waals surface area contributed by atoms with Gasteiger partial charge < -0.3 is 10.1 Å². The maximum absolute atomic E-state index is 12.2. The summed E-state index contributed by atoms with van der Waals surface area (Å²) in [6, 6.07) is 2.27.